The molecule has 0 saturated heterocycles. The van der Waals surface area contributed by atoms with Crippen molar-refractivity contribution in [3.63, 3.8) is 0 Å². The Bertz CT molecular complexity index is 634. The van der Waals surface area contributed by atoms with Crippen LogP contribution in [0.3, 0.4) is 0 Å². The van der Waals surface area contributed by atoms with Gasteiger partial charge in [0.2, 0.25) is 0 Å². The molecular weight excluding hydrogens is 296 g/mol. The Morgan fingerprint density at radius 1 is 1.24 bits per heavy atom. The Kier molecular flexibility index (Phi) is 5.15. The van der Waals surface area contributed by atoms with Crippen LogP contribution in [0.15, 0.2) is 36.4 Å². The Morgan fingerprint density at radius 3 is 2.62 bits per heavy atom. The fourth-order valence-corrected chi connectivity index (χ4v) is 2.48. The molecule has 0 aliphatic carbocycles. The molecule has 1 N–H and O–H groups in total. The number of benzene rings is 2. The van der Waals surface area contributed by atoms with Crippen LogP contribution in [0.1, 0.15) is 24.1 Å². The van der Waals surface area contributed by atoms with E-state index in [1.807, 2.05) is 6.92 Å². The maximum atomic E-state index is 14.0. The lowest BCUT2D eigenvalue weighted by atomic mass is 9.98. The van der Waals surface area contributed by atoms with Crippen molar-refractivity contribution in [1.29, 1.82) is 0 Å². The third-order valence-electron chi connectivity index (χ3n) is 3.21. The van der Waals surface area contributed by atoms with Crippen molar-refractivity contribution in [3.8, 4) is 5.75 Å². The summed E-state index contributed by atoms with van der Waals surface area (Å²) in [5.41, 5.74) is 0.991. The van der Waals surface area contributed by atoms with E-state index in [-0.39, 0.29) is 5.56 Å². The molecule has 0 amide bonds. The lowest BCUT2D eigenvalue weighted by Crippen LogP contribution is -2.23. The monoisotopic (exact) mass is 311 g/mol. The van der Waals surface area contributed by atoms with Crippen LogP contribution in [0, 0.1) is 11.6 Å². The summed E-state index contributed by atoms with van der Waals surface area (Å²) in [6.45, 7) is 2.50. The van der Waals surface area contributed by atoms with Gasteiger partial charge in [-0.2, -0.15) is 0 Å². The minimum atomic E-state index is -0.866. The molecule has 0 aromatic heterocycles. The molecule has 5 heteroatoms. The third-order valence-corrected chi connectivity index (χ3v) is 3.51. The van der Waals surface area contributed by atoms with Crippen LogP contribution in [0.25, 0.3) is 0 Å². The van der Waals surface area contributed by atoms with Crippen molar-refractivity contribution in [3.05, 3.63) is 64.2 Å². The van der Waals surface area contributed by atoms with Crippen LogP contribution in [0.2, 0.25) is 5.02 Å². The highest BCUT2D eigenvalue weighted by atomic mass is 35.5. The average Bonchev–Trinajstić information content (AvgIpc) is 2.48. The normalized spacial score (nSPS) is 12.2. The van der Waals surface area contributed by atoms with Gasteiger partial charge < -0.3 is 10.1 Å². The van der Waals surface area contributed by atoms with Gasteiger partial charge in [0.05, 0.1) is 18.2 Å². The molecule has 0 spiro atoms. The molecule has 21 heavy (non-hydrogen) atoms. The number of hydrogen-bond donors (Lipinski definition) is 1. The minimum Gasteiger partial charge on any atom is -0.495 e. The van der Waals surface area contributed by atoms with Gasteiger partial charge in [0, 0.05) is 5.56 Å². The number of rotatable bonds is 5. The maximum absolute atomic E-state index is 14.0. The zero-order valence-electron chi connectivity index (χ0n) is 11.8. The van der Waals surface area contributed by atoms with E-state index in [0.29, 0.717) is 17.3 Å². The number of halogens is 3. The van der Waals surface area contributed by atoms with Crippen LogP contribution in [0.4, 0.5) is 8.78 Å². The first-order valence-electron chi connectivity index (χ1n) is 6.59. The predicted octanol–water partition coefficient (Wildman–Crippen LogP) is 4.33. The van der Waals surface area contributed by atoms with Crippen LogP contribution in [-0.4, -0.2) is 13.7 Å². The Balaban J connectivity index is 2.48. The quantitative estimate of drug-likeness (QED) is 0.887. The summed E-state index contributed by atoms with van der Waals surface area (Å²) < 4.78 is 32.6. The summed E-state index contributed by atoms with van der Waals surface area (Å²) in [6.07, 6.45) is 0. The topological polar surface area (TPSA) is 21.3 Å². The Labute approximate surface area is 127 Å². The summed E-state index contributed by atoms with van der Waals surface area (Å²) in [5.74, 6) is -1.18. The lowest BCUT2D eigenvalue weighted by Gasteiger charge is -2.20. The molecule has 2 nitrogen and oxygen atoms in total. The molecule has 0 aliphatic rings. The molecular formula is C16H16ClF2NO. The van der Waals surface area contributed by atoms with Crippen LogP contribution in [0.5, 0.6) is 5.75 Å². The minimum absolute atomic E-state index is 0.248. The molecule has 1 unspecified atom stereocenters. The van der Waals surface area contributed by atoms with E-state index >= 15 is 0 Å². The fraction of sp³-hybridized carbons (Fsp3) is 0.250. The maximum Gasteiger partial charge on any atom is 0.163 e. The molecule has 0 radical (unpaired) electrons. The lowest BCUT2D eigenvalue weighted by molar-refractivity contribution is 0.414. The molecule has 2 aromatic carbocycles. The largest absolute Gasteiger partial charge is 0.495 e. The van der Waals surface area contributed by atoms with E-state index in [9.17, 15) is 8.78 Å². The van der Waals surface area contributed by atoms with Gasteiger partial charge in [0.15, 0.2) is 11.6 Å². The smallest absolute Gasteiger partial charge is 0.163 e. The fourth-order valence-electron chi connectivity index (χ4n) is 2.22. The summed E-state index contributed by atoms with van der Waals surface area (Å²) in [5, 5.41) is 3.57. The molecule has 2 rings (SSSR count). The number of nitrogens with one attached hydrogen (secondary N) is 1. The van der Waals surface area contributed by atoms with Crippen molar-refractivity contribution in [2.24, 2.45) is 0 Å². The van der Waals surface area contributed by atoms with Gasteiger partial charge in [0.25, 0.3) is 0 Å². The number of hydrogen-bond acceptors (Lipinski definition) is 2. The van der Waals surface area contributed by atoms with E-state index in [4.69, 9.17) is 16.3 Å². The highest BCUT2D eigenvalue weighted by molar-refractivity contribution is 6.32. The summed E-state index contributed by atoms with van der Waals surface area (Å²) >= 11 is 6.11. The van der Waals surface area contributed by atoms with E-state index in [0.717, 1.165) is 11.6 Å². The Morgan fingerprint density at radius 2 is 2.00 bits per heavy atom. The Hall–Kier alpha value is -1.65. The first-order valence-corrected chi connectivity index (χ1v) is 6.97. The molecule has 0 heterocycles. The molecule has 0 aliphatic heterocycles. The molecule has 1 atom stereocenters. The van der Waals surface area contributed by atoms with Crippen molar-refractivity contribution >= 4 is 11.6 Å². The highest BCUT2D eigenvalue weighted by Crippen LogP contribution is 2.31. The second-order valence-electron chi connectivity index (χ2n) is 4.53. The van der Waals surface area contributed by atoms with Crippen molar-refractivity contribution in [2.45, 2.75) is 13.0 Å². The molecule has 112 valence electrons. The first-order chi connectivity index (χ1) is 10.1. The summed E-state index contributed by atoms with van der Waals surface area (Å²) in [7, 11) is 1.52. The van der Waals surface area contributed by atoms with E-state index < -0.39 is 17.7 Å². The van der Waals surface area contributed by atoms with E-state index in [2.05, 4.69) is 5.32 Å². The zero-order chi connectivity index (χ0) is 15.4. The molecule has 0 bridgehead atoms. The predicted molar refractivity (Wildman–Crippen MR) is 79.9 cm³/mol. The number of methoxy groups -OCH3 is 1. The summed E-state index contributed by atoms with van der Waals surface area (Å²) in [6, 6.07) is 8.85. The SMILES string of the molecule is CCNC(c1ccc(OC)c(Cl)c1)c1cccc(F)c1F. The van der Waals surface area contributed by atoms with Gasteiger partial charge in [-0.1, -0.05) is 36.7 Å². The average molecular weight is 312 g/mol. The highest BCUT2D eigenvalue weighted by Gasteiger charge is 2.20. The van der Waals surface area contributed by atoms with Gasteiger partial charge in [-0.15, -0.1) is 0 Å². The van der Waals surface area contributed by atoms with Gasteiger partial charge >= 0.3 is 0 Å². The second kappa shape index (κ2) is 6.87. The van der Waals surface area contributed by atoms with Gasteiger partial charge in [-0.25, -0.2) is 8.78 Å². The zero-order valence-corrected chi connectivity index (χ0v) is 12.5. The molecule has 0 fully saturated rings. The molecule has 2 aromatic rings. The van der Waals surface area contributed by atoms with Gasteiger partial charge in [-0.3, -0.25) is 0 Å². The second-order valence-corrected chi connectivity index (χ2v) is 4.93. The number of ether oxygens (including phenoxy) is 1. The van der Waals surface area contributed by atoms with Gasteiger partial charge in [0.1, 0.15) is 5.75 Å². The third kappa shape index (κ3) is 3.34. The van der Waals surface area contributed by atoms with E-state index in [1.54, 1.807) is 24.3 Å². The summed E-state index contributed by atoms with van der Waals surface area (Å²) in [4.78, 5) is 0. The standard InChI is InChI=1S/C16H16ClF2NO/c1-3-20-16(11-5-4-6-13(18)15(11)19)10-7-8-14(21-2)12(17)9-10/h4-9,16,20H,3H2,1-2H3. The van der Waals surface area contributed by atoms with Crippen molar-refractivity contribution in [2.75, 3.05) is 13.7 Å². The van der Waals surface area contributed by atoms with Crippen molar-refractivity contribution in [1.82, 2.24) is 5.32 Å². The van der Waals surface area contributed by atoms with Crippen LogP contribution in [-0.2, 0) is 0 Å². The van der Waals surface area contributed by atoms with E-state index in [1.165, 1.54) is 13.2 Å². The van der Waals surface area contributed by atoms with Crippen molar-refractivity contribution < 1.29 is 13.5 Å². The van der Waals surface area contributed by atoms with Crippen LogP contribution >= 0.6 is 11.6 Å². The molecule has 0 saturated carbocycles. The van der Waals surface area contributed by atoms with Crippen LogP contribution < -0.4 is 10.1 Å². The first kappa shape index (κ1) is 15.7. The van der Waals surface area contributed by atoms with Gasteiger partial charge in [-0.05, 0) is 30.3 Å².